The first-order valence-corrected chi connectivity index (χ1v) is 6.30. The second kappa shape index (κ2) is 5.99. The molecule has 2 unspecified atom stereocenters. The Morgan fingerprint density at radius 1 is 1.39 bits per heavy atom. The molecule has 2 rings (SSSR count). The Hall–Kier alpha value is -1.37. The van der Waals surface area contributed by atoms with Crippen molar-refractivity contribution in [3.63, 3.8) is 0 Å². The van der Waals surface area contributed by atoms with E-state index in [0.29, 0.717) is 19.0 Å². The molecule has 1 aromatic carbocycles. The summed E-state index contributed by atoms with van der Waals surface area (Å²) >= 11 is 0. The van der Waals surface area contributed by atoms with E-state index in [1.165, 1.54) is 12.1 Å². The summed E-state index contributed by atoms with van der Waals surface area (Å²) in [4.78, 5) is 2.15. The third-order valence-electron chi connectivity index (χ3n) is 3.38. The molecule has 0 aromatic heterocycles. The van der Waals surface area contributed by atoms with Crippen molar-refractivity contribution in [3.8, 4) is 11.8 Å². The maximum atomic E-state index is 12.7. The minimum atomic E-state index is -0.244. The molecule has 1 N–H and O–H groups in total. The lowest BCUT2D eigenvalue weighted by molar-refractivity contribution is 0.0351. The molecule has 0 radical (unpaired) electrons. The van der Waals surface area contributed by atoms with Gasteiger partial charge >= 0.3 is 0 Å². The van der Waals surface area contributed by atoms with Crippen molar-refractivity contribution in [1.29, 1.82) is 0 Å². The average Bonchev–Trinajstić information content (AvgIpc) is 2.36. The maximum Gasteiger partial charge on any atom is 0.123 e. The Balaban J connectivity index is 1.87. The zero-order chi connectivity index (χ0) is 13.0. The summed E-state index contributed by atoms with van der Waals surface area (Å²) in [5.41, 5.74) is 0.822. The first-order chi connectivity index (χ1) is 8.65. The number of hydrogen-bond donors (Lipinski definition) is 1. The van der Waals surface area contributed by atoms with Crippen molar-refractivity contribution in [3.05, 3.63) is 35.6 Å². The largest absolute Gasteiger partial charge is 0.392 e. The number of benzene rings is 1. The third kappa shape index (κ3) is 3.56. The average molecular weight is 247 g/mol. The lowest BCUT2D eigenvalue weighted by Crippen LogP contribution is -2.42. The topological polar surface area (TPSA) is 23.5 Å². The molecule has 18 heavy (non-hydrogen) atoms. The van der Waals surface area contributed by atoms with Gasteiger partial charge in [-0.15, -0.1) is 0 Å². The number of likely N-dealkylation sites (tertiary alicyclic amines) is 1. The number of halogens is 1. The van der Waals surface area contributed by atoms with E-state index in [4.69, 9.17) is 0 Å². The van der Waals surface area contributed by atoms with Gasteiger partial charge in [0, 0.05) is 12.1 Å². The molecule has 2 atom stereocenters. The van der Waals surface area contributed by atoms with Gasteiger partial charge in [-0.25, -0.2) is 4.39 Å². The van der Waals surface area contributed by atoms with Crippen LogP contribution in [0.3, 0.4) is 0 Å². The van der Waals surface area contributed by atoms with Crippen LogP contribution < -0.4 is 0 Å². The first kappa shape index (κ1) is 13.1. The highest BCUT2D eigenvalue weighted by molar-refractivity contribution is 5.34. The van der Waals surface area contributed by atoms with Crippen molar-refractivity contribution in [1.82, 2.24) is 4.90 Å². The van der Waals surface area contributed by atoms with Crippen LogP contribution in [0, 0.1) is 23.6 Å². The zero-order valence-electron chi connectivity index (χ0n) is 10.6. The molecule has 0 bridgehead atoms. The summed E-state index contributed by atoms with van der Waals surface area (Å²) in [5, 5.41) is 9.76. The number of β-amino-alcohol motifs (C(OH)–C–C–N with tert-alkyl or cyclic N) is 1. The van der Waals surface area contributed by atoms with Crippen molar-refractivity contribution in [2.45, 2.75) is 19.4 Å². The van der Waals surface area contributed by atoms with Gasteiger partial charge in [0.2, 0.25) is 0 Å². The maximum absolute atomic E-state index is 12.7. The summed E-state index contributed by atoms with van der Waals surface area (Å²) in [5.74, 6) is 6.21. The summed E-state index contributed by atoms with van der Waals surface area (Å²) in [6.07, 6.45) is 0.769. The minimum absolute atomic E-state index is 0.242. The van der Waals surface area contributed by atoms with E-state index in [1.807, 2.05) is 0 Å². The molecular formula is C15H18FNO. The lowest BCUT2D eigenvalue weighted by atomic mass is 9.96. The zero-order valence-corrected chi connectivity index (χ0v) is 10.6. The van der Waals surface area contributed by atoms with E-state index in [9.17, 15) is 9.50 Å². The Kier molecular flexibility index (Phi) is 4.35. The molecule has 96 valence electrons. The normalized spacial score (nSPS) is 24.4. The molecule has 1 aromatic rings. The third-order valence-corrected chi connectivity index (χ3v) is 3.38. The van der Waals surface area contributed by atoms with Gasteiger partial charge < -0.3 is 5.11 Å². The quantitative estimate of drug-likeness (QED) is 0.766. The molecule has 0 amide bonds. The highest BCUT2D eigenvalue weighted by Gasteiger charge is 2.23. The van der Waals surface area contributed by atoms with Crippen LogP contribution in [0.4, 0.5) is 4.39 Å². The SMILES string of the molecule is CC1CCN(CC#Cc2ccc(F)cc2)CC1O. The Morgan fingerprint density at radius 2 is 2.11 bits per heavy atom. The number of piperidine rings is 1. The van der Waals surface area contributed by atoms with Gasteiger partial charge in [0.05, 0.1) is 12.6 Å². The van der Waals surface area contributed by atoms with Crippen LogP contribution in [0.1, 0.15) is 18.9 Å². The molecule has 1 heterocycles. The Morgan fingerprint density at radius 3 is 2.78 bits per heavy atom. The molecule has 1 saturated heterocycles. The lowest BCUT2D eigenvalue weighted by Gasteiger charge is -2.32. The van der Waals surface area contributed by atoms with Gasteiger partial charge in [-0.2, -0.15) is 0 Å². The van der Waals surface area contributed by atoms with E-state index >= 15 is 0 Å². The van der Waals surface area contributed by atoms with E-state index in [-0.39, 0.29) is 11.9 Å². The van der Waals surface area contributed by atoms with E-state index in [0.717, 1.165) is 18.5 Å². The molecule has 1 aliphatic heterocycles. The van der Waals surface area contributed by atoms with Crippen LogP contribution in [-0.4, -0.2) is 35.7 Å². The van der Waals surface area contributed by atoms with Crippen LogP contribution in [-0.2, 0) is 0 Å². The van der Waals surface area contributed by atoms with Crippen LogP contribution in [0.2, 0.25) is 0 Å². The van der Waals surface area contributed by atoms with Gasteiger partial charge in [-0.3, -0.25) is 4.90 Å². The van der Waals surface area contributed by atoms with Crippen LogP contribution >= 0.6 is 0 Å². The van der Waals surface area contributed by atoms with Crippen LogP contribution in [0.15, 0.2) is 24.3 Å². The number of aliphatic hydroxyl groups excluding tert-OH is 1. The fourth-order valence-corrected chi connectivity index (χ4v) is 2.04. The fourth-order valence-electron chi connectivity index (χ4n) is 2.04. The number of hydrogen-bond acceptors (Lipinski definition) is 2. The van der Waals surface area contributed by atoms with Crippen LogP contribution in [0.5, 0.6) is 0 Å². The number of nitrogens with zero attached hydrogens (tertiary/aromatic N) is 1. The predicted octanol–water partition coefficient (Wildman–Crippen LogP) is 1.88. The minimum Gasteiger partial charge on any atom is -0.392 e. The van der Waals surface area contributed by atoms with Gasteiger partial charge in [0.25, 0.3) is 0 Å². The number of aliphatic hydroxyl groups is 1. The Bertz CT molecular complexity index is 446. The van der Waals surface area contributed by atoms with Gasteiger partial charge in [0.1, 0.15) is 5.82 Å². The van der Waals surface area contributed by atoms with Gasteiger partial charge in [-0.1, -0.05) is 18.8 Å². The summed E-state index contributed by atoms with van der Waals surface area (Å²) in [6.45, 7) is 4.41. The summed E-state index contributed by atoms with van der Waals surface area (Å²) in [6, 6.07) is 6.18. The van der Waals surface area contributed by atoms with Crippen molar-refractivity contribution >= 4 is 0 Å². The molecular weight excluding hydrogens is 229 g/mol. The highest BCUT2D eigenvalue weighted by atomic mass is 19.1. The molecule has 0 saturated carbocycles. The Labute approximate surface area is 107 Å². The summed E-state index contributed by atoms with van der Waals surface area (Å²) in [7, 11) is 0. The molecule has 1 aliphatic rings. The number of rotatable bonds is 1. The standard InChI is InChI=1S/C15H18FNO/c1-12-8-10-17(11-15(12)18)9-2-3-13-4-6-14(16)7-5-13/h4-7,12,15,18H,8-11H2,1H3. The molecule has 1 fully saturated rings. The van der Waals surface area contributed by atoms with Crippen molar-refractivity contribution in [2.75, 3.05) is 19.6 Å². The molecule has 2 nitrogen and oxygen atoms in total. The highest BCUT2D eigenvalue weighted by Crippen LogP contribution is 2.16. The van der Waals surface area contributed by atoms with Crippen LogP contribution in [0.25, 0.3) is 0 Å². The molecule has 0 aliphatic carbocycles. The summed E-state index contributed by atoms with van der Waals surface area (Å²) < 4.78 is 12.7. The van der Waals surface area contributed by atoms with Gasteiger partial charge in [0.15, 0.2) is 0 Å². The van der Waals surface area contributed by atoms with E-state index in [2.05, 4.69) is 23.7 Å². The molecule has 0 spiro atoms. The van der Waals surface area contributed by atoms with Gasteiger partial charge in [-0.05, 0) is 43.1 Å². The second-order valence-corrected chi connectivity index (χ2v) is 4.88. The van der Waals surface area contributed by atoms with Crippen molar-refractivity contribution < 1.29 is 9.50 Å². The monoisotopic (exact) mass is 247 g/mol. The smallest absolute Gasteiger partial charge is 0.123 e. The second-order valence-electron chi connectivity index (χ2n) is 4.88. The molecule has 3 heteroatoms. The first-order valence-electron chi connectivity index (χ1n) is 6.30. The fraction of sp³-hybridized carbons (Fsp3) is 0.467. The van der Waals surface area contributed by atoms with Crippen molar-refractivity contribution in [2.24, 2.45) is 5.92 Å². The predicted molar refractivity (Wildman–Crippen MR) is 69.5 cm³/mol. The van der Waals surface area contributed by atoms with E-state index in [1.54, 1.807) is 12.1 Å². The van der Waals surface area contributed by atoms with E-state index < -0.39 is 0 Å².